The van der Waals surface area contributed by atoms with E-state index in [-0.39, 0.29) is 12.0 Å². The molecule has 6 heteroatoms. The lowest BCUT2D eigenvalue weighted by Crippen LogP contribution is -2.43. The zero-order valence-electron chi connectivity index (χ0n) is 14.1. The Balaban J connectivity index is 1.28. The molecule has 0 aromatic carbocycles. The Hall–Kier alpha value is -2.18. The molecule has 2 saturated heterocycles. The molecule has 2 aliphatic heterocycles. The second-order valence-electron chi connectivity index (χ2n) is 6.90. The van der Waals surface area contributed by atoms with Crippen molar-refractivity contribution < 1.29 is 13.9 Å². The lowest BCUT2D eigenvalue weighted by Gasteiger charge is -2.35. The summed E-state index contributed by atoms with van der Waals surface area (Å²) in [6, 6.07) is 5.57. The number of pyridine rings is 1. The molecule has 0 unspecified atom stereocenters. The van der Waals surface area contributed by atoms with E-state index >= 15 is 0 Å². The summed E-state index contributed by atoms with van der Waals surface area (Å²) in [7, 11) is 0. The van der Waals surface area contributed by atoms with Crippen LogP contribution in [-0.2, 0) is 11.3 Å². The van der Waals surface area contributed by atoms with Crippen molar-refractivity contribution in [2.75, 3.05) is 26.2 Å². The second kappa shape index (κ2) is 7.37. The van der Waals surface area contributed by atoms with Crippen molar-refractivity contribution in [3.05, 3.63) is 54.2 Å². The van der Waals surface area contributed by atoms with Gasteiger partial charge < -0.3 is 14.5 Å². The molecule has 4 heterocycles. The van der Waals surface area contributed by atoms with Crippen LogP contribution in [0.15, 0.2) is 47.5 Å². The van der Waals surface area contributed by atoms with Crippen LogP contribution in [0.4, 0.5) is 0 Å². The van der Waals surface area contributed by atoms with Gasteiger partial charge in [0, 0.05) is 43.5 Å². The molecule has 0 spiro atoms. The van der Waals surface area contributed by atoms with Crippen LogP contribution in [-0.4, -0.2) is 48.1 Å². The van der Waals surface area contributed by atoms with E-state index in [2.05, 4.69) is 15.2 Å². The molecule has 2 aromatic rings. The maximum absolute atomic E-state index is 12.2. The number of rotatable bonds is 5. The van der Waals surface area contributed by atoms with Gasteiger partial charge in [-0.25, -0.2) is 0 Å². The molecule has 3 atom stereocenters. The van der Waals surface area contributed by atoms with Crippen LogP contribution in [0, 0.1) is 11.8 Å². The van der Waals surface area contributed by atoms with Gasteiger partial charge in [-0.1, -0.05) is 0 Å². The van der Waals surface area contributed by atoms with E-state index in [4.69, 9.17) is 9.15 Å². The van der Waals surface area contributed by atoms with Gasteiger partial charge in [0.1, 0.15) is 0 Å². The smallest absolute Gasteiger partial charge is 0.252 e. The Labute approximate surface area is 147 Å². The first-order valence-corrected chi connectivity index (χ1v) is 8.83. The molecule has 6 nitrogen and oxygen atoms in total. The third-order valence-corrected chi connectivity index (χ3v) is 5.25. The molecular weight excluding hydrogens is 318 g/mol. The minimum atomic E-state index is -0.0856. The Morgan fingerprint density at radius 2 is 2.36 bits per heavy atom. The number of nitrogens with zero attached hydrogens (tertiary/aromatic N) is 2. The van der Waals surface area contributed by atoms with Gasteiger partial charge in [-0.2, -0.15) is 0 Å². The third-order valence-electron chi connectivity index (χ3n) is 5.25. The van der Waals surface area contributed by atoms with Gasteiger partial charge >= 0.3 is 0 Å². The minimum absolute atomic E-state index is 0.0856. The average Bonchev–Trinajstić information content (AvgIpc) is 3.30. The summed E-state index contributed by atoms with van der Waals surface area (Å²) in [6.07, 6.45) is 8.01. The molecule has 0 bridgehead atoms. The van der Waals surface area contributed by atoms with E-state index in [0.29, 0.717) is 23.9 Å². The number of nitrogens with one attached hydrogen (secondary N) is 1. The fourth-order valence-electron chi connectivity index (χ4n) is 3.95. The summed E-state index contributed by atoms with van der Waals surface area (Å²) in [4.78, 5) is 18.6. The lowest BCUT2D eigenvalue weighted by atomic mass is 9.84. The molecule has 2 aliphatic rings. The molecule has 0 aliphatic carbocycles. The highest BCUT2D eigenvalue weighted by Crippen LogP contribution is 2.34. The van der Waals surface area contributed by atoms with Crippen LogP contribution in [0.25, 0.3) is 0 Å². The first-order chi connectivity index (χ1) is 12.3. The SMILES string of the molecule is O=C(NC[C@@H]1OC[C@H]2CN(Cc3ccoc3)CC[C@H]21)c1cccnc1. The van der Waals surface area contributed by atoms with Crippen LogP contribution in [0.1, 0.15) is 22.3 Å². The van der Waals surface area contributed by atoms with Crippen molar-refractivity contribution in [3.8, 4) is 0 Å². The second-order valence-corrected chi connectivity index (χ2v) is 6.90. The van der Waals surface area contributed by atoms with Gasteiger partial charge in [0.25, 0.3) is 5.91 Å². The minimum Gasteiger partial charge on any atom is -0.472 e. The summed E-state index contributed by atoms with van der Waals surface area (Å²) < 4.78 is 11.1. The largest absolute Gasteiger partial charge is 0.472 e. The molecule has 25 heavy (non-hydrogen) atoms. The zero-order valence-corrected chi connectivity index (χ0v) is 14.1. The van der Waals surface area contributed by atoms with Gasteiger partial charge in [-0.3, -0.25) is 14.7 Å². The molecule has 1 N–H and O–H groups in total. The van der Waals surface area contributed by atoms with Crippen molar-refractivity contribution >= 4 is 5.91 Å². The lowest BCUT2D eigenvalue weighted by molar-refractivity contribution is 0.0743. The summed E-state index contributed by atoms with van der Waals surface area (Å²) in [5, 5.41) is 2.99. The maximum Gasteiger partial charge on any atom is 0.252 e. The number of piperidine rings is 1. The Kier molecular flexibility index (Phi) is 4.81. The number of aromatic nitrogens is 1. The van der Waals surface area contributed by atoms with E-state index in [1.54, 1.807) is 30.8 Å². The number of carbonyl (C=O) groups is 1. The van der Waals surface area contributed by atoms with E-state index in [0.717, 1.165) is 32.7 Å². The molecule has 132 valence electrons. The van der Waals surface area contributed by atoms with Crippen LogP contribution < -0.4 is 5.32 Å². The van der Waals surface area contributed by atoms with Crippen molar-refractivity contribution in [2.24, 2.45) is 11.8 Å². The average molecular weight is 341 g/mol. The zero-order chi connectivity index (χ0) is 17.1. The quantitative estimate of drug-likeness (QED) is 0.900. The summed E-state index contributed by atoms with van der Waals surface area (Å²) in [5.74, 6) is 0.980. The number of furan rings is 1. The molecular formula is C19H23N3O3. The summed E-state index contributed by atoms with van der Waals surface area (Å²) in [6.45, 7) is 4.38. The van der Waals surface area contributed by atoms with Crippen LogP contribution in [0.3, 0.4) is 0 Å². The standard InChI is InChI=1S/C19H23N3O3/c23-19(15-2-1-5-20-8-15)21-9-18-17-3-6-22(11-16(17)13-25-18)10-14-4-7-24-12-14/h1-2,4-5,7-8,12,16-18H,3,6,9-11,13H2,(H,21,23)/t16-,17-,18+/m1/s1. The fraction of sp³-hybridized carbons (Fsp3) is 0.474. The predicted octanol–water partition coefficient (Wildman–Crippen LogP) is 1.94. The van der Waals surface area contributed by atoms with Crippen molar-refractivity contribution in [3.63, 3.8) is 0 Å². The Morgan fingerprint density at radius 3 is 3.16 bits per heavy atom. The van der Waals surface area contributed by atoms with E-state index in [1.165, 1.54) is 5.56 Å². The van der Waals surface area contributed by atoms with Crippen LogP contribution >= 0.6 is 0 Å². The maximum atomic E-state index is 12.2. The molecule has 4 rings (SSSR count). The molecule has 0 saturated carbocycles. The fourth-order valence-corrected chi connectivity index (χ4v) is 3.95. The number of hydrogen-bond donors (Lipinski definition) is 1. The predicted molar refractivity (Wildman–Crippen MR) is 91.9 cm³/mol. The topological polar surface area (TPSA) is 67.6 Å². The Bertz CT molecular complexity index is 689. The Morgan fingerprint density at radius 1 is 1.40 bits per heavy atom. The summed E-state index contributed by atoms with van der Waals surface area (Å²) in [5.41, 5.74) is 1.81. The van der Waals surface area contributed by atoms with Gasteiger partial charge in [0.2, 0.25) is 0 Å². The van der Waals surface area contributed by atoms with Crippen molar-refractivity contribution in [2.45, 2.75) is 19.1 Å². The van der Waals surface area contributed by atoms with Gasteiger partial charge in [-0.15, -0.1) is 0 Å². The highest BCUT2D eigenvalue weighted by atomic mass is 16.5. The number of ether oxygens (including phenoxy) is 1. The van der Waals surface area contributed by atoms with Gasteiger partial charge in [-0.05, 0) is 37.1 Å². The van der Waals surface area contributed by atoms with Gasteiger partial charge in [0.05, 0.1) is 30.8 Å². The summed E-state index contributed by atoms with van der Waals surface area (Å²) >= 11 is 0. The number of fused-ring (bicyclic) bond motifs is 1. The third kappa shape index (κ3) is 3.75. The molecule has 2 fully saturated rings. The molecule has 0 radical (unpaired) electrons. The van der Waals surface area contributed by atoms with E-state index < -0.39 is 0 Å². The highest BCUT2D eigenvalue weighted by molar-refractivity contribution is 5.93. The molecule has 1 amide bonds. The van der Waals surface area contributed by atoms with Crippen LogP contribution in [0.2, 0.25) is 0 Å². The normalized spacial score (nSPS) is 26.3. The van der Waals surface area contributed by atoms with Gasteiger partial charge in [0.15, 0.2) is 0 Å². The highest BCUT2D eigenvalue weighted by Gasteiger charge is 2.40. The number of hydrogen-bond acceptors (Lipinski definition) is 5. The van der Waals surface area contributed by atoms with Crippen LogP contribution in [0.5, 0.6) is 0 Å². The van der Waals surface area contributed by atoms with Crippen molar-refractivity contribution in [1.29, 1.82) is 0 Å². The van der Waals surface area contributed by atoms with E-state index in [9.17, 15) is 4.79 Å². The number of carbonyl (C=O) groups excluding carboxylic acids is 1. The van der Waals surface area contributed by atoms with Crippen molar-refractivity contribution in [1.82, 2.24) is 15.2 Å². The number of likely N-dealkylation sites (tertiary alicyclic amines) is 1. The van der Waals surface area contributed by atoms with E-state index in [1.807, 2.05) is 12.3 Å². The first-order valence-electron chi connectivity index (χ1n) is 8.83. The monoisotopic (exact) mass is 341 g/mol. The number of amides is 1. The molecule has 2 aromatic heterocycles. The first kappa shape index (κ1) is 16.3.